The molecule has 0 aliphatic rings. The van der Waals surface area contributed by atoms with Gasteiger partial charge in [0.2, 0.25) is 5.95 Å². The number of aromatic nitrogens is 6. The summed E-state index contributed by atoms with van der Waals surface area (Å²) >= 11 is 0. The molecule has 294 valence electrons. The van der Waals surface area contributed by atoms with E-state index in [9.17, 15) is 0 Å². The fourth-order valence-electron chi connectivity index (χ4n) is 9.72. The zero-order valence-corrected chi connectivity index (χ0v) is 34.0. The van der Waals surface area contributed by atoms with Crippen LogP contribution >= 0.6 is 0 Å². The summed E-state index contributed by atoms with van der Waals surface area (Å²) in [7, 11) is 0. The third-order valence-corrected chi connectivity index (χ3v) is 12.5. The van der Waals surface area contributed by atoms with E-state index in [4.69, 9.17) is 15.0 Å². The van der Waals surface area contributed by atoms with Gasteiger partial charge >= 0.3 is 0 Å². The second-order valence-corrected chi connectivity index (χ2v) is 16.0. The van der Waals surface area contributed by atoms with Crippen molar-refractivity contribution < 1.29 is 0 Å². The Bertz CT molecular complexity index is 3840. The fourth-order valence-corrected chi connectivity index (χ4v) is 9.72. The molecule has 6 heteroatoms. The van der Waals surface area contributed by atoms with Gasteiger partial charge in [-0.3, -0.25) is 4.57 Å². The van der Waals surface area contributed by atoms with E-state index in [1.165, 1.54) is 27.1 Å². The third-order valence-electron chi connectivity index (χ3n) is 12.5. The molecule has 0 bridgehead atoms. The Hall–Kier alpha value is -8.61. The minimum Gasteiger partial charge on any atom is -0.309 e. The summed E-state index contributed by atoms with van der Waals surface area (Å²) in [6.07, 6.45) is 0. The van der Waals surface area contributed by atoms with Crippen LogP contribution in [0.25, 0.3) is 117 Å². The van der Waals surface area contributed by atoms with Gasteiger partial charge in [0.05, 0.1) is 33.1 Å². The van der Waals surface area contributed by atoms with Crippen LogP contribution in [0.1, 0.15) is 0 Å². The quantitative estimate of drug-likeness (QED) is 0.168. The van der Waals surface area contributed by atoms with E-state index < -0.39 is 0 Å². The Balaban J connectivity index is 1.05. The van der Waals surface area contributed by atoms with Gasteiger partial charge in [-0.15, -0.1) is 0 Å². The Kier molecular flexibility index (Phi) is 7.80. The lowest BCUT2D eigenvalue weighted by atomic mass is 10.0. The van der Waals surface area contributed by atoms with Crippen LogP contribution in [0.2, 0.25) is 0 Å². The van der Waals surface area contributed by atoms with Gasteiger partial charge in [0.25, 0.3) is 0 Å². The Labute approximate surface area is 362 Å². The van der Waals surface area contributed by atoms with E-state index in [2.05, 4.69) is 226 Å². The van der Waals surface area contributed by atoms with Crippen molar-refractivity contribution in [3.05, 3.63) is 218 Å². The van der Waals surface area contributed by atoms with Crippen LogP contribution in [-0.4, -0.2) is 28.7 Å². The zero-order valence-electron chi connectivity index (χ0n) is 34.0. The number of benzene rings is 9. The Morgan fingerprint density at radius 2 is 0.746 bits per heavy atom. The summed E-state index contributed by atoms with van der Waals surface area (Å²) in [5.74, 6) is 1.77. The minimum atomic E-state index is 0.567. The van der Waals surface area contributed by atoms with Crippen molar-refractivity contribution >= 4 is 65.4 Å². The van der Waals surface area contributed by atoms with Gasteiger partial charge in [-0.1, -0.05) is 164 Å². The van der Waals surface area contributed by atoms with Gasteiger partial charge in [-0.05, 0) is 65.7 Å². The van der Waals surface area contributed by atoms with E-state index in [1.807, 2.05) is 6.07 Å². The van der Waals surface area contributed by atoms with Gasteiger partial charge < -0.3 is 9.13 Å². The van der Waals surface area contributed by atoms with Crippen LogP contribution in [0, 0.1) is 0 Å². The molecule has 63 heavy (non-hydrogen) atoms. The van der Waals surface area contributed by atoms with Crippen molar-refractivity contribution in [1.29, 1.82) is 0 Å². The predicted molar refractivity (Wildman–Crippen MR) is 259 cm³/mol. The second kappa shape index (κ2) is 14.0. The lowest BCUT2D eigenvalue weighted by molar-refractivity contribution is 0.953. The van der Waals surface area contributed by atoms with Crippen molar-refractivity contribution in [1.82, 2.24) is 28.7 Å². The van der Waals surface area contributed by atoms with Crippen molar-refractivity contribution in [3.8, 4) is 51.2 Å². The summed E-state index contributed by atoms with van der Waals surface area (Å²) in [4.78, 5) is 15.9. The molecule has 0 saturated heterocycles. The first-order chi connectivity index (χ1) is 31.3. The number of hydrogen-bond acceptors (Lipinski definition) is 3. The van der Waals surface area contributed by atoms with Gasteiger partial charge in [-0.2, -0.15) is 9.97 Å². The van der Waals surface area contributed by atoms with Crippen molar-refractivity contribution in [2.75, 3.05) is 0 Å². The summed E-state index contributed by atoms with van der Waals surface area (Å²) < 4.78 is 6.99. The highest BCUT2D eigenvalue weighted by Gasteiger charge is 2.22. The van der Waals surface area contributed by atoms with Crippen molar-refractivity contribution in [2.45, 2.75) is 0 Å². The molecule has 0 amide bonds. The molecule has 6 nitrogen and oxygen atoms in total. The number of hydrogen-bond donors (Lipinski definition) is 0. The highest BCUT2D eigenvalue weighted by atomic mass is 15.2. The van der Waals surface area contributed by atoms with Crippen LogP contribution < -0.4 is 0 Å². The number of nitrogens with zero attached hydrogens (tertiary/aromatic N) is 6. The first-order valence-electron chi connectivity index (χ1n) is 21.3. The van der Waals surface area contributed by atoms with Crippen LogP contribution in [0.3, 0.4) is 0 Å². The largest absolute Gasteiger partial charge is 0.309 e. The molecule has 0 N–H and O–H groups in total. The Morgan fingerprint density at radius 1 is 0.270 bits per heavy atom. The van der Waals surface area contributed by atoms with Gasteiger partial charge in [0, 0.05) is 54.8 Å². The molecule has 0 fully saturated rings. The number of para-hydroxylation sites is 5. The van der Waals surface area contributed by atoms with E-state index >= 15 is 0 Å². The molecule has 13 rings (SSSR count). The highest BCUT2D eigenvalue weighted by molar-refractivity contribution is 6.26. The maximum absolute atomic E-state index is 5.34. The Morgan fingerprint density at radius 3 is 1.41 bits per heavy atom. The SMILES string of the molecule is c1ccc(-c2ccc(-c3nc(-c4cccc(-n5c6ccccc6c6ccc7c(c8ccccc8n7-c7ccccc7)c65)c4)nc(-n4c5ccccc5c5ccccc54)n3)cc2)cc1. The smallest absolute Gasteiger partial charge is 0.238 e. The molecule has 0 aliphatic carbocycles. The normalized spacial score (nSPS) is 11.8. The molecule has 13 aromatic rings. The molecular formula is C57H36N6. The molecule has 4 heterocycles. The van der Waals surface area contributed by atoms with Crippen LogP contribution in [0.15, 0.2) is 218 Å². The monoisotopic (exact) mass is 804 g/mol. The first-order valence-corrected chi connectivity index (χ1v) is 21.3. The minimum absolute atomic E-state index is 0.567. The standard InChI is InChI=1S/C57H36N6/c1-3-16-37(17-4-1)38-30-32-39(33-31-38)55-58-56(60-57(59-55)63-49-27-12-7-22-43(49)44-23-8-13-28-50(44)63)40-18-15-21-42(36-40)62-48-26-11-9-24-45(48)46-34-35-52-53(54(46)62)47-25-10-14-29-51(47)61(52)41-19-5-2-6-20-41/h1-36H. The highest BCUT2D eigenvalue weighted by Crippen LogP contribution is 2.42. The van der Waals surface area contributed by atoms with Gasteiger partial charge in [0.1, 0.15) is 0 Å². The second-order valence-electron chi connectivity index (χ2n) is 16.0. The van der Waals surface area contributed by atoms with Crippen molar-refractivity contribution in [2.24, 2.45) is 0 Å². The summed E-state index contributed by atoms with van der Waals surface area (Å²) in [5, 5.41) is 7.12. The van der Waals surface area contributed by atoms with Crippen LogP contribution in [0.4, 0.5) is 0 Å². The molecular weight excluding hydrogens is 769 g/mol. The summed E-state index contributed by atoms with van der Waals surface area (Å²) in [5.41, 5.74) is 13.0. The molecule has 0 aliphatic heterocycles. The molecule has 0 atom stereocenters. The van der Waals surface area contributed by atoms with Crippen LogP contribution in [0.5, 0.6) is 0 Å². The zero-order chi connectivity index (χ0) is 41.4. The molecule has 4 aromatic heterocycles. The number of fused-ring (bicyclic) bond motifs is 10. The maximum Gasteiger partial charge on any atom is 0.238 e. The topological polar surface area (TPSA) is 53.5 Å². The van der Waals surface area contributed by atoms with Gasteiger partial charge in [0.15, 0.2) is 11.6 Å². The van der Waals surface area contributed by atoms with E-state index in [-0.39, 0.29) is 0 Å². The molecule has 0 saturated carbocycles. The van der Waals surface area contributed by atoms with Gasteiger partial charge in [-0.25, -0.2) is 4.98 Å². The maximum atomic E-state index is 5.34. The summed E-state index contributed by atoms with van der Waals surface area (Å²) in [6, 6.07) is 77.3. The lowest BCUT2D eigenvalue weighted by Gasteiger charge is -2.13. The molecule has 0 unspecified atom stereocenters. The first kappa shape index (κ1) is 35.2. The van der Waals surface area contributed by atoms with Crippen molar-refractivity contribution in [3.63, 3.8) is 0 Å². The van der Waals surface area contributed by atoms with E-state index in [0.29, 0.717) is 17.6 Å². The molecule has 0 spiro atoms. The van der Waals surface area contributed by atoms with E-state index in [0.717, 1.165) is 72.0 Å². The number of rotatable bonds is 6. The third kappa shape index (κ3) is 5.48. The summed E-state index contributed by atoms with van der Waals surface area (Å²) in [6.45, 7) is 0. The lowest BCUT2D eigenvalue weighted by Crippen LogP contribution is -2.06. The fraction of sp³-hybridized carbons (Fsp3) is 0. The van der Waals surface area contributed by atoms with E-state index in [1.54, 1.807) is 0 Å². The average Bonchev–Trinajstić information content (AvgIpc) is 4.00. The van der Waals surface area contributed by atoms with Crippen LogP contribution in [-0.2, 0) is 0 Å². The molecule has 9 aromatic carbocycles. The predicted octanol–water partition coefficient (Wildman–Crippen LogP) is 14.2. The molecule has 0 radical (unpaired) electrons. The average molecular weight is 805 g/mol.